The van der Waals surface area contributed by atoms with Crippen molar-refractivity contribution in [3.63, 3.8) is 0 Å². The lowest BCUT2D eigenvalue weighted by Gasteiger charge is -2.40. The summed E-state index contributed by atoms with van der Waals surface area (Å²) < 4.78 is 0. The van der Waals surface area contributed by atoms with Crippen molar-refractivity contribution in [1.82, 2.24) is 15.0 Å². The van der Waals surface area contributed by atoms with Crippen molar-refractivity contribution in [2.24, 2.45) is 0 Å². The maximum Gasteiger partial charge on any atom is 0.208 e. The molecule has 2 aliphatic heterocycles. The minimum absolute atomic E-state index is 0.188. The Balaban J connectivity index is 1.52. The van der Waals surface area contributed by atoms with Crippen molar-refractivity contribution >= 4 is 23.0 Å². The molecule has 2 bridgehead atoms. The SMILES string of the molecule is CN(C)c1cccc(-c2ccc3c(n2)N(C(O)Nc2cnccn2)[C@H]2CCN3C2)c1. The van der Waals surface area contributed by atoms with Crippen LogP contribution in [0.5, 0.6) is 0 Å². The van der Waals surface area contributed by atoms with Crippen LogP contribution in [0.4, 0.5) is 23.0 Å². The number of hydrogen-bond acceptors (Lipinski definition) is 8. The van der Waals surface area contributed by atoms with E-state index in [1.54, 1.807) is 18.6 Å². The molecule has 8 heteroatoms. The molecule has 5 rings (SSSR count). The number of aliphatic hydroxyl groups excluding tert-OH is 1. The number of hydrogen-bond donors (Lipinski definition) is 2. The van der Waals surface area contributed by atoms with Gasteiger partial charge in [0.15, 0.2) is 5.82 Å². The van der Waals surface area contributed by atoms with Crippen molar-refractivity contribution in [1.29, 1.82) is 0 Å². The summed E-state index contributed by atoms with van der Waals surface area (Å²) in [5, 5.41) is 14.1. The largest absolute Gasteiger partial charge is 0.378 e. The van der Waals surface area contributed by atoms with E-state index in [-0.39, 0.29) is 6.04 Å². The van der Waals surface area contributed by atoms with Gasteiger partial charge in [-0.3, -0.25) is 4.98 Å². The molecule has 1 saturated heterocycles. The Labute approximate surface area is 175 Å². The molecule has 0 amide bonds. The Morgan fingerprint density at radius 3 is 2.90 bits per heavy atom. The molecular weight excluding hydrogens is 378 g/mol. The summed E-state index contributed by atoms with van der Waals surface area (Å²) in [6.07, 6.45) is 4.84. The number of nitrogens with one attached hydrogen (secondary N) is 1. The van der Waals surface area contributed by atoms with Crippen LogP contribution in [0, 0.1) is 0 Å². The van der Waals surface area contributed by atoms with Gasteiger partial charge in [-0.25, -0.2) is 9.97 Å². The fraction of sp³-hybridized carbons (Fsp3) is 0.318. The first-order valence-corrected chi connectivity index (χ1v) is 10.1. The van der Waals surface area contributed by atoms with E-state index in [1.807, 2.05) is 25.1 Å². The van der Waals surface area contributed by atoms with Gasteiger partial charge < -0.3 is 25.1 Å². The minimum Gasteiger partial charge on any atom is -0.378 e. The second-order valence-electron chi connectivity index (χ2n) is 7.89. The van der Waals surface area contributed by atoms with E-state index < -0.39 is 6.35 Å². The van der Waals surface area contributed by atoms with Gasteiger partial charge in [0.25, 0.3) is 0 Å². The van der Waals surface area contributed by atoms with Crippen LogP contribution in [0.25, 0.3) is 11.3 Å². The van der Waals surface area contributed by atoms with E-state index >= 15 is 0 Å². The average molecular weight is 403 g/mol. The number of aliphatic hydroxyl groups is 1. The third-order valence-electron chi connectivity index (χ3n) is 5.76. The summed E-state index contributed by atoms with van der Waals surface area (Å²) >= 11 is 0. The first-order chi connectivity index (χ1) is 14.6. The van der Waals surface area contributed by atoms with E-state index in [2.05, 4.69) is 55.4 Å². The molecule has 30 heavy (non-hydrogen) atoms. The lowest BCUT2D eigenvalue weighted by molar-refractivity contribution is 0.184. The van der Waals surface area contributed by atoms with Gasteiger partial charge in [-0.1, -0.05) is 12.1 Å². The molecule has 4 heterocycles. The van der Waals surface area contributed by atoms with Crippen LogP contribution >= 0.6 is 0 Å². The zero-order chi connectivity index (χ0) is 20.7. The molecule has 2 atom stereocenters. The number of anilines is 4. The highest BCUT2D eigenvalue weighted by Crippen LogP contribution is 2.41. The first kappa shape index (κ1) is 18.6. The normalized spacial score (nSPS) is 18.2. The Morgan fingerprint density at radius 1 is 1.20 bits per heavy atom. The van der Waals surface area contributed by atoms with Crippen LogP contribution < -0.4 is 20.0 Å². The van der Waals surface area contributed by atoms with Crippen LogP contribution in [-0.2, 0) is 0 Å². The molecule has 2 aliphatic rings. The van der Waals surface area contributed by atoms with E-state index in [0.717, 1.165) is 48.0 Å². The molecule has 1 aromatic carbocycles. The standard InChI is InChI=1S/C22H25N7O/c1-27(2)16-5-3-4-15(12-16)18-6-7-19-21(25-18)29(17-8-11-28(19)14-17)22(30)26-20-13-23-9-10-24-20/h3-7,9-10,12-13,17,22,30H,8,11,14H2,1-2H3,(H,24,26)/t17-,22?/m0/s1. The molecule has 1 unspecified atom stereocenters. The van der Waals surface area contributed by atoms with Crippen LogP contribution in [-0.4, -0.2) is 59.6 Å². The van der Waals surface area contributed by atoms with Gasteiger partial charge in [-0.15, -0.1) is 0 Å². The number of benzene rings is 1. The third-order valence-corrected chi connectivity index (χ3v) is 5.76. The van der Waals surface area contributed by atoms with Gasteiger partial charge in [0.05, 0.1) is 23.6 Å². The zero-order valence-electron chi connectivity index (χ0n) is 17.1. The molecular formula is C22H25N7O. The molecule has 3 aromatic rings. The average Bonchev–Trinajstić information content (AvgIpc) is 3.18. The second-order valence-corrected chi connectivity index (χ2v) is 7.89. The predicted molar refractivity (Wildman–Crippen MR) is 119 cm³/mol. The van der Waals surface area contributed by atoms with Gasteiger partial charge in [-0.2, -0.15) is 0 Å². The summed E-state index contributed by atoms with van der Waals surface area (Å²) in [5.41, 5.74) is 4.11. The summed E-state index contributed by atoms with van der Waals surface area (Å²) in [7, 11) is 4.06. The number of nitrogens with zero attached hydrogens (tertiary/aromatic N) is 6. The smallest absolute Gasteiger partial charge is 0.208 e. The quantitative estimate of drug-likeness (QED) is 0.629. The van der Waals surface area contributed by atoms with Crippen LogP contribution in [0.2, 0.25) is 0 Å². The van der Waals surface area contributed by atoms with Crippen LogP contribution in [0.15, 0.2) is 55.0 Å². The molecule has 8 nitrogen and oxygen atoms in total. The fourth-order valence-corrected chi connectivity index (χ4v) is 4.23. The van der Waals surface area contributed by atoms with Gasteiger partial charge in [0, 0.05) is 50.8 Å². The van der Waals surface area contributed by atoms with E-state index in [9.17, 15) is 5.11 Å². The second kappa shape index (κ2) is 7.46. The lowest BCUT2D eigenvalue weighted by Crippen LogP contribution is -2.51. The van der Waals surface area contributed by atoms with Gasteiger partial charge >= 0.3 is 0 Å². The van der Waals surface area contributed by atoms with Crippen molar-refractivity contribution in [3.05, 3.63) is 55.0 Å². The molecule has 2 N–H and O–H groups in total. The number of rotatable bonds is 5. The number of fused-ring (bicyclic) bond motifs is 4. The fourth-order valence-electron chi connectivity index (χ4n) is 4.23. The first-order valence-electron chi connectivity index (χ1n) is 10.1. The summed E-state index contributed by atoms with van der Waals surface area (Å²) in [5.74, 6) is 1.32. The number of aromatic nitrogens is 3. The van der Waals surface area contributed by atoms with Gasteiger partial charge in [0.2, 0.25) is 6.35 Å². The van der Waals surface area contributed by atoms with Crippen molar-refractivity contribution < 1.29 is 5.11 Å². The van der Waals surface area contributed by atoms with Crippen molar-refractivity contribution in [2.75, 3.05) is 47.2 Å². The topological polar surface area (TPSA) is 80.7 Å². The van der Waals surface area contributed by atoms with Crippen LogP contribution in [0.3, 0.4) is 0 Å². The molecule has 0 aliphatic carbocycles. The molecule has 0 radical (unpaired) electrons. The van der Waals surface area contributed by atoms with Crippen molar-refractivity contribution in [2.45, 2.75) is 18.8 Å². The van der Waals surface area contributed by atoms with E-state index in [1.165, 1.54) is 0 Å². The summed E-state index contributed by atoms with van der Waals surface area (Å²) in [6, 6.07) is 12.7. The molecule has 0 spiro atoms. The Bertz CT molecular complexity index is 1040. The van der Waals surface area contributed by atoms with E-state index in [0.29, 0.717) is 5.82 Å². The maximum absolute atomic E-state index is 11.1. The molecule has 1 fully saturated rings. The van der Waals surface area contributed by atoms with Crippen LogP contribution in [0.1, 0.15) is 6.42 Å². The third kappa shape index (κ3) is 3.29. The molecule has 0 saturated carbocycles. The lowest BCUT2D eigenvalue weighted by atomic mass is 10.1. The predicted octanol–water partition coefficient (Wildman–Crippen LogP) is 2.39. The Kier molecular flexibility index (Phi) is 4.63. The highest BCUT2D eigenvalue weighted by molar-refractivity contribution is 5.77. The minimum atomic E-state index is -0.943. The monoisotopic (exact) mass is 403 g/mol. The molecule has 2 aromatic heterocycles. The maximum atomic E-state index is 11.1. The summed E-state index contributed by atoms with van der Waals surface area (Å²) in [6.45, 7) is 1.84. The highest BCUT2D eigenvalue weighted by Gasteiger charge is 2.40. The zero-order valence-corrected chi connectivity index (χ0v) is 17.1. The van der Waals surface area contributed by atoms with E-state index in [4.69, 9.17) is 4.98 Å². The Hall–Kier alpha value is -3.39. The molecule has 154 valence electrons. The number of pyridine rings is 1. The van der Waals surface area contributed by atoms with Gasteiger partial charge in [0.1, 0.15) is 5.82 Å². The Morgan fingerprint density at radius 2 is 2.10 bits per heavy atom. The summed E-state index contributed by atoms with van der Waals surface area (Å²) in [4.78, 5) is 19.7. The van der Waals surface area contributed by atoms with Gasteiger partial charge in [-0.05, 0) is 30.7 Å². The van der Waals surface area contributed by atoms with Crippen molar-refractivity contribution in [3.8, 4) is 11.3 Å². The highest BCUT2D eigenvalue weighted by atomic mass is 16.3.